The Morgan fingerprint density at radius 2 is 2.21 bits per heavy atom. The maximum Gasteiger partial charge on any atom is 0.0871 e. The number of hydrogen-bond donors (Lipinski definition) is 2. The first kappa shape index (κ1) is 9.69. The maximum absolute atomic E-state index is 10.1. The average molecular weight is 192 g/mol. The minimum absolute atomic E-state index is 0.0297. The largest absolute Gasteiger partial charge is 0.396 e. The Hall–Kier alpha value is -0.860. The number of rotatable bonds is 1. The van der Waals surface area contributed by atoms with Gasteiger partial charge in [0.1, 0.15) is 0 Å². The molecule has 2 heteroatoms. The van der Waals surface area contributed by atoms with Crippen LogP contribution in [-0.2, 0) is 6.42 Å². The number of hydrogen-bond acceptors (Lipinski definition) is 2. The van der Waals surface area contributed by atoms with Crippen molar-refractivity contribution in [3.8, 4) is 0 Å². The van der Waals surface area contributed by atoms with Gasteiger partial charge in [0.15, 0.2) is 0 Å². The predicted octanol–water partition coefficient (Wildman–Crippen LogP) is 1.58. The third kappa shape index (κ3) is 1.26. The second-order valence-electron chi connectivity index (χ2n) is 4.59. The van der Waals surface area contributed by atoms with E-state index in [0.29, 0.717) is 0 Å². The van der Waals surface area contributed by atoms with Crippen molar-refractivity contribution in [3.63, 3.8) is 0 Å². The van der Waals surface area contributed by atoms with Crippen molar-refractivity contribution in [3.05, 3.63) is 34.9 Å². The van der Waals surface area contributed by atoms with Crippen LogP contribution in [0.5, 0.6) is 0 Å². The predicted molar refractivity (Wildman–Crippen MR) is 55.0 cm³/mol. The first-order valence-electron chi connectivity index (χ1n) is 4.95. The summed E-state index contributed by atoms with van der Waals surface area (Å²) in [5.74, 6) is 0. The van der Waals surface area contributed by atoms with Crippen LogP contribution in [0.2, 0.25) is 0 Å². The summed E-state index contributed by atoms with van der Waals surface area (Å²) in [6.07, 6.45) is 0.239. The SMILES string of the molecule is Cc1ccc2c(c1)C(O)C(C)(CO)C2. The Bertz CT molecular complexity index is 359. The molecule has 2 N–H and O–H groups in total. The monoisotopic (exact) mass is 192 g/mol. The Labute approximate surface area is 84.2 Å². The lowest BCUT2D eigenvalue weighted by Gasteiger charge is -2.25. The van der Waals surface area contributed by atoms with Crippen molar-refractivity contribution in [1.29, 1.82) is 0 Å². The van der Waals surface area contributed by atoms with Gasteiger partial charge in [-0.05, 0) is 24.5 Å². The fraction of sp³-hybridized carbons (Fsp3) is 0.500. The van der Waals surface area contributed by atoms with Crippen molar-refractivity contribution in [2.45, 2.75) is 26.4 Å². The van der Waals surface area contributed by atoms with Crippen LogP contribution in [0.4, 0.5) is 0 Å². The third-order valence-electron chi connectivity index (χ3n) is 3.21. The molecule has 14 heavy (non-hydrogen) atoms. The molecule has 2 unspecified atom stereocenters. The third-order valence-corrected chi connectivity index (χ3v) is 3.21. The van der Waals surface area contributed by atoms with E-state index in [1.165, 1.54) is 5.56 Å². The molecule has 0 amide bonds. The summed E-state index contributed by atoms with van der Waals surface area (Å²) < 4.78 is 0. The van der Waals surface area contributed by atoms with Crippen molar-refractivity contribution in [2.75, 3.05) is 6.61 Å². The molecule has 2 rings (SSSR count). The lowest BCUT2D eigenvalue weighted by Crippen LogP contribution is -2.26. The average Bonchev–Trinajstić information content (AvgIpc) is 2.42. The zero-order valence-corrected chi connectivity index (χ0v) is 8.62. The zero-order chi connectivity index (χ0) is 10.3. The van der Waals surface area contributed by atoms with Crippen molar-refractivity contribution < 1.29 is 10.2 Å². The fourth-order valence-electron chi connectivity index (χ4n) is 2.18. The highest BCUT2D eigenvalue weighted by Crippen LogP contribution is 2.45. The first-order valence-corrected chi connectivity index (χ1v) is 4.95. The molecule has 2 atom stereocenters. The lowest BCUT2D eigenvalue weighted by molar-refractivity contribution is 0.00781. The standard InChI is InChI=1S/C12H16O2/c1-8-3-4-9-6-12(2,7-13)11(14)10(9)5-8/h3-5,11,13-14H,6-7H2,1-2H3. The van der Waals surface area contributed by atoms with Crippen molar-refractivity contribution in [1.82, 2.24) is 0 Å². The van der Waals surface area contributed by atoms with Gasteiger partial charge in [-0.3, -0.25) is 0 Å². The molecule has 2 nitrogen and oxygen atoms in total. The van der Waals surface area contributed by atoms with E-state index >= 15 is 0 Å². The van der Waals surface area contributed by atoms with Crippen LogP contribution in [0.1, 0.15) is 29.7 Å². The van der Waals surface area contributed by atoms with Gasteiger partial charge in [0, 0.05) is 5.41 Å². The van der Waals surface area contributed by atoms with E-state index in [-0.39, 0.29) is 6.61 Å². The highest BCUT2D eigenvalue weighted by atomic mass is 16.3. The van der Waals surface area contributed by atoms with E-state index in [4.69, 9.17) is 0 Å². The Balaban J connectivity index is 2.46. The zero-order valence-electron chi connectivity index (χ0n) is 8.62. The molecule has 0 radical (unpaired) electrons. The summed E-state index contributed by atoms with van der Waals surface area (Å²) in [7, 11) is 0. The van der Waals surface area contributed by atoms with Gasteiger partial charge in [-0.25, -0.2) is 0 Å². The van der Waals surface area contributed by atoms with Crippen molar-refractivity contribution in [2.24, 2.45) is 5.41 Å². The number of fused-ring (bicyclic) bond motifs is 1. The van der Waals surface area contributed by atoms with E-state index < -0.39 is 11.5 Å². The highest BCUT2D eigenvalue weighted by Gasteiger charge is 2.40. The molecule has 0 aromatic heterocycles. The Morgan fingerprint density at radius 3 is 2.86 bits per heavy atom. The molecule has 0 saturated carbocycles. The molecule has 0 heterocycles. The number of aliphatic hydroxyl groups is 2. The molecule has 1 aliphatic carbocycles. The smallest absolute Gasteiger partial charge is 0.0871 e. The first-order chi connectivity index (χ1) is 6.57. The summed E-state index contributed by atoms with van der Waals surface area (Å²) in [6, 6.07) is 6.12. The molecule has 0 bridgehead atoms. The van der Waals surface area contributed by atoms with Crippen LogP contribution in [0.25, 0.3) is 0 Å². The minimum atomic E-state index is -0.526. The van der Waals surface area contributed by atoms with E-state index in [1.807, 2.05) is 19.9 Å². The summed E-state index contributed by atoms with van der Waals surface area (Å²) in [5.41, 5.74) is 2.92. The molecular formula is C12H16O2. The summed E-state index contributed by atoms with van der Waals surface area (Å²) in [6.45, 7) is 3.97. The molecule has 1 aliphatic rings. The summed E-state index contributed by atoms with van der Waals surface area (Å²) >= 11 is 0. The van der Waals surface area contributed by atoms with Crippen LogP contribution < -0.4 is 0 Å². The summed E-state index contributed by atoms with van der Waals surface area (Å²) in [4.78, 5) is 0. The minimum Gasteiger partial charge on any atom is -0.396 e. The Morgan fingerprint density at radius 1 is 1.50 bits per heavy atom. The second kappa shape index (κ2) is 3.07. The van der Waals surface area contributed by atoms with Gasteiger partial charge in [-0.1, -0.05) is 30.7 Å². The highest BCUT2D eigenvalue weighted by molar-refractivity contribution is 5.39. The Kier molecular flexibility index (Phi) is 2.13. The molecule has 1 aromatic rings. The van der Waals surface area contributed by atoms with Crippen LogP contribution in [0, 0.1) is 12.3 Å². The normalized spacial score (nSPS) is 30.4. The van der Waals surface area contributed by atoms with Gasteiger partial charge in [0.05, 0.1) is 12.7 Å². The maximum atomic E-state index is 10.1. The molecule has 0 saturated heterocycles. The van der Waals surface area contributed by atoms with Gasteiger partial charge in [-0.15, -0.1) is 0 Å². The van der Waals surface area contributed by atoms with E-state index in [0.717, 1.165) is 17.5 Å². The van der Waals surface area contributed by atoms with Crippen LogP contribution >= 0.6 is 0 Å². The van der Waals surface area contributed by atoms with Gasteiger partial charge < -0.3 is 10.2 Å². The van der Waals surface area contributed by atoms with Crippen molar-refractivity contribution >= 4 is 0 Å². The number of benzene rings is 1. The number of aryl methyl sites for hydroxylation is 1. The molecule has 0 fully saturated rings. The quantitative estimate of drug-likeness (QED) is 0.709. The molecule has 76 valence electrons. The fourth-order valence-corrected chi connectivity index (χ4v) is 2.18. The summed E-state index contributed by atoms with van der Waals surface area (Å²) in [5, 5.41) is 19.3. The lowest BCUT2D eigenvalue weighted by atomic mass is 9.86. The van der Waals surface area contributed by atoms with Crippen LogP contribution in [-0.4, -0.2) is 16.8 Å². The molecule has 1 aromatic carbocycles. The van der Waals surface area contributed by atoms with E-state index in [9.17, 15) is 10.2 Å². The molecule has 0 aliphatic heterocycles. The molecule has 0 spiro atoms. The van der Waals surface area contributed by atoms with Crippen LogP contribution in [0.3, 0.4) is 0 Å². The van der Waals surface area contributed by atoms with Crippen LogP contribution in [0.15, 0.2) is 18.2 Å². The topological polar surface area (TPSA) is 40.5 Å². The van der Waals surface area contributed by atoms with Gasteiger partial charge in [-0.2, -0.15) is 0 Å². The van der Waals surface area contributed by atoms with Gasteiger partial charge in [0.2, 0.25) is 0 Å². The van der Waals surface area contributed by atoms with Gasteiger partial charge in [0.25, 0.3) is 0 Å². The van der Waals surface area contributed by atoms with Gasteiger partial charge >= 0.3 is 0 Å². The van der Waals surface area contributed by atoms with E-state index in [1.54, 1.807) is 0 Å². The molecular weight excluding hydrogens is 176 g/mol. The van der Waals surface area contributed by atoms with E-state index in [2.05, 4.69) is 12.1 Å². The second-order valence-corrected chi connectivity index (χ2v) is 4.59. The number of aliphatic hydroxyl groups excluding tert-OH is 2.